The minimum atomic E-state index is -0.409. The number of carbonyl (C=O) groups excluding carboxylic acids is 1. The molecular formula is C19H26ClFN2O2. The van der Waals surface area contributed by atoms with E-state index >= 15 is 0 Å². The Bertz CT molecular complexity index is 609. The second kappa shape index (κ2) is 7.92. The second-order valence-corrected chi connectivity index (χ2v) is 7.41. The highest BCUT2D eigenvalue weighted by atomic mass is 35.5. The zero-order valence-electron chi connectivity index (χ0n) is 14.3. The molecule has 2 aliphatic carbocycles. The number of hydrogen-bond acceptors (Lipinski definition) is 3. The van der Waals surface area contributed by atoms with Crippen molar-refractivity contribution in [3.8, 4) is 5.75 Å². The number of carbonyl (C=O) groups is 1. The van der Waals surface area contributed by atoms with Crippen molar-refractivity contribution in [3.05, 3.63) is 24.0 Å². The zero-order valence-corrected chi connectivity index (χ0v) is 15.1. The maximum absolute atomic E-state index is 14.1. The van der Waals surface area contributed by atoms with Crippen LogP contribution in [0.5, 0.6) is 5.75 Å². The van der Waals surface area contributed by atoms with Crippen LogP contribution in [0.15, 0.2) is 18.2 Å². The highest BCUT2D eigenvalue weighted by molar-refractivity contribution is 5.95. The third-order valence-electron chi connectivity index (χ3n) is 5.72. The summed E-state index contributed by atoms with van der Waals surface area (Å²) in [6, 6.07) is 5.01. The van der Waals surface area contributed by atoms with Crippen LogP contribution in [0.3, 0.4) is 0 Å². The van der Waals surface area contributed by atoms with Crippen LogP contribution in [0.25, 0.3) is 0 Å². The molecule has 1 aromatic carbocycles. The molecule has 25 heavy (non-hydrogen) atoms. The normalized spacial score (nSPS) is 28.4. The van der Waals surface area contributed by atoms with Gasteiger partial charge in [0, 0.05) is 17.8 Å². The van der Waals surface area contributed by atoms with Crippen LogP contribution >= 0.6 is 12.4 Å². The summed E-state index contributed by atoms with van der Waals surface area (Å²) in [5.41, 5.74) is 0.495. The molecule has 3 aliphatic rings. The largest absolute Gasteiger partial charge is 0.487 e. The third kappa shape index (κ3) is 4.09. The molecule has 3 unspecified atom stereocenters. The fourth-order valence-corrected chi connectivity index (χ4v) is 4.09. The molecule has 3 fully saturated rings. The molecular weight excluding hydrogens is 343 g/mol. The van der Waals surface area contributed by atoms with Crippen molar-refractivity contribution in [3.63, 3.8) is 0 Å². The first-order chi connectivity index (χ1) is 11.7. The summed E-state index contributed by atoms with van der Waals surface area (Å²) < 4.78 is 19.8. The number of nitrogens with one attached hydrogen (secondary N) is 2. The molecule has 4 rings (SSSR count). The van der Waals surface area contributed by atoms with Crippen LogP contribution in [0.4, 0.5) is 10.1 Å². The van der Waals surface area contributed by atoms with Gasteiger partial charge in [-0.1, -0.05) is 12.8 Å². The molecule has 2 saturated carbocycles. The monoisotopic (exact) mass is 368 g/mol. The number of amides is 1. The minimum Gasteiger partial charge on any atom is -0.487 e. The SMILES string of the molecule is Cl.O=C(Nc1ccc(OC2CCC2)c(F)c1)C1CC2CCCCC2N1. The number of fused-ring (bicyclic) bond motifs is 1. The van der Waals surface area contributed by atoms with E-state index in [1.807, 2.05) is 0 Å². The van der Waals surface area contributed by atoms with Crippen molar-refractivity contribution in [1.29, 1.82) is 0 Å². The third-order valence-corrected chi connectivity index (χ3v) is 5.72. The van der Waals surface area contributed by atoms with E-state index in [2.05, 4.69) is 10.6 Å². The van der Waals surface area contributed by atoms with E-state index in [9.17, 15) is 9.18 Å². The molecule has 2 N–H and O–H groups in total. The van der Waals surface area contributed by atoms with E-state index in [0.717, 1.165) is 32.1 Å². The first-order valence-corrected chi connectivity index (χ1v) is 9.22. The maximum atomic E-state index is 14.1. The molecule has 3 atom stereocenters. The van der Waals surface area contributed by atoms with Crippen LogP contribution in [-0.4, -0.2) is 24.1 Å². The van der Waals surface area contributed by atoms with Gasteiger partial charge in [0.05, 0.1) is 12.1 Å². The van der Waals surface area contributed by atoms with Gasteiger partial charge in [-0.15, -0.1) is 12.4 Å². The lowest BCUT2D eigenvalue weighted by molar-refractivity contribution is -0.117. The molecule has 0 aromatic heterocycles. The quantitative estimate of drug-likeness (QED) is 0.843. The Labute approximate surface area is 154 Å². The molecule has 0 spiro atoms. The van der Waals surface area contributed by atoms with E-state index in [1.54, 1.807) is 12.1 Å². The van der Waals surface area contributed by atoms with Crippen molar-refractivity contribution in [2.75, 3.05) is 5.32 Å². The van der Waals surface area contributed by atoms with Crippen molar-refractivity contribution in [1.82, 2.24) is 5.32 Å². The van der Waals surface area contributed by atoms with Crippen LogP contribution < -0.4 is 15.4 Å². The summed E-state index contributed by atoms with van der Waals surface area (Å²) in [6.45, 7) is 0. The van der Waals surface area contributed by atoms with Gasteiger partial charge in [-0.25, -0.2) is 4.39 Å². The Morgan fingerprint density at radius 3 is 2.64 bits per heavy atom. The summed E-state index contributed by atoms with van der Waals surface area (Å²) in [5, 5.41) is 6.30. The first kappa shape index (κ1) is 18.5. The molecule has 6 heteroatoms. The van der Waals surface area contributed by atoms with Crippen molar-refractivity contribution in [2.24, 2.45) is 5.92 Å². The lowest BCUT2D eigenvalue weighted by Gasteiger charge is -2.26. The number of benzene rings is 1. The van der Waals surface area contributed by atoms with Gasteiger partial charge in [0.25, 0.3) is 0 Å². The fraction of sp³-hybridized carbons (Fsp3) is 0.632. The minimum absolute atomic E-state index is 0. The van der Waals surface area contributed by atoms with Crippen molar-refractivity contribution < 1.29 is 13.9 Å². The maximum Gasteiger partial charge on any atom is 0.241 e. The summed E-state index contributed by atoms with van der Waals surface area (Å²) in [4.78, 5) is 12.5. The van der Waals surface area contributed by atoms with E-state index in [-0.39, 0.29) is 36.2 Å². The van der Waals surface area contributed by atoms with Crippen molar-refractivity contribution >= 4 is 24.0 Å². The Kier molecular flexibility index (Phi) is 5.85. The van der Waals surface area contributed by atoms with Crippen LogP contribution in [0.1, 0.15) is 51.4 Å². The van der Waals surface area contributed by atoms with Gasteiger partial charge < -0.3 is 15.4 Å². The zero-order chi connectivity index (χ0) is 16.5. The Morgan fingerprint density at radius 2 is 1.96 bits per heavy atom. The standard InChI is InChI=1S/C19H25FN2O2.ClH/c20-15-11-13(8-9-18(15)24-14-5-3-6-14)21-19(23)17-10-12-4-1-2-7-16(12)22-17;/h8-9,11-12,14,16-17,22H,1-7,10H2,(H,21,23);1H. The summed E-state index contributed by atoms with van der Waals surface area (Å²) in [5.74, 6) is 0.427. The van der Waals surface area contributed by atoms with Crippen LogP contribution in [-0.2, 0) is 4.79 Å². The Hall–Kier alpha value is -1.33. The Balaban J connectivity index is 0.00000182. The topological polar surface area (TPSA) is 50.4 Å². The lowest BCUT2D eigenvalue weighted by atomic mass is 9.85. The molecule has 1 saturated heterocycles. The van der Waals surface area contributed by atoms with Crippen LogP contribution in [0.2, 0.25) is 0 Å². The average molecular weight is 369 g/mol. The number of rotatable bonds is 4. The average Bonchev–Trinajstić information content (AvgIpc) is 2.96. The van der Waals surface area contributed by atoms with E-state index in [4.69, 9.17) is 4.74 Å². The van der Waals surface area contributed by atoms with Crippen molar-refractivity contribution in [2.45, 2.75) is 69.6 Å². The lowest BCUT2D eigenvalue weighted by Crippen LogP contribution is -2.39. The predicted molar refractivity (Wildman–Crippen MR) is 97.8 cm³/mol. The Morgan fingerprint density at radius 1 is 1.16 bits per heavy atom. The van der Waals surface area contributed by atoms with Gasteiger partial charge in [0.15, 0.2) is 11.6 Å². The van der Waals surface area contributed by atoms with Gasteiger partial charge in [-0.3, -0.25) is 4.79 Å². The summed E-state index contributed by atoms with van der Waals surface area (Å²) in [6.07, 6.45) is 9.06. The molecule has 138 valence electrons. The van der Waals surface area contributed by atoms with E-state index in [0.29, 0.717) is 17.6 Å². The van der Waals surface area contributed by atoms with Crippen LogP contribution in [0, 0.1) is 11.7 Å². The molecule has 0 bridgehead atoms. The van der Waals surface area contributed by atoms with Gasteiger partial charge in [0.1, 0.15) is 0 Å². The number of ether oxygens (including phenoxy) is 1. The molecule has 0 radical (unpaired) electrons. The first-order valence-electron chi connectivity index (χ1n) is 9.22. The molecule has 1 amide bonds. The number of hydrogen-bond donors (Lipinski definition) is 2. The van der Waals surface area contributed by atoms with Gasteiger partial charge in [-0.2, -0.15) is 0 Å². The van der Waals surface area contributed by atoms with Gasteiger partial charge >= 0.3 is 0 Å². The molecule has 1 aliphatic heterocycles. The summed E-state index contributed by atoms with van der Waals surface area (Å²) in [7, 11) is 0. The number of halogens is 2. The molecule has 4 nitrogen and oxygen atoms in total. The highest BCUT2D eigenvalue weighted by Crippen LogP contribution is 2.34. The van der Waals surface area contributed by atoms with E-state index in [1.165, 1.54) is 25.3 Å². The molecule has 1 aromatic rings. The van der Waals surface area contributed by atoms with Gasteiger partial charge in [0.2, 0.25) is 5.91 Å². The fourth-order valence-electron chi connectivity index (χ4n) is 4.09. The van der Waals surface area contributed by atoms with Gasteiger partial charge in [-0.05, 0) is 56.6 Å². The number of anilines is 1. The summed E-state index contributed by atoms with van der Waals surface area (Å²) >= 11 is 0. The van der Waals surface area contributed by atoms with E-state index < -0.39 is 5.82 Å². The smallest absolute Gasteiger partial charge is 0.241 e. The predicted octanol–water partition coefficient (Wildman–Crippen LogP) is 4.04. The highest BCUT2D eigenvalue weighted by Gasteiger charge is 2.38. The molecule has 1 heterocycles. The second-order valence-electron chi connectivity index (χ2n) is 7.41.